The zero-order chi connectivity index (χ0) is 13.2. The van der Waals surface area contributed by atoms with Crippen LogP contribution in [-0.4, -0.2) is 11.9 Å². The van der Waals surface area contributed by atoms with Gasteiger partial charge in [0.1, 0.15) is 0 Å². The number of hydrogen-bond acceptors (Lipinski definition) is 2. The molecule has 3 nitrogen and oxygen atoms in total. The van der Waals surface area contributed by atoms with Crippen LogP contribution in [0.3, 0.4) is 0 Å². The summed E-state index contributed by atoms with van der Waals surface area (Å²) in [4.78, 5) is 12.0. The molecule has 0 bridgehead atoms. The van der Waals surface area contributed by atoms with Gasteiger partial charge in [0.2, 0.25) is 5.91 Å². The van der Waals surface area contributed by atoms with E-state index in [1.807, 2.05) is 45.9 Å². The van der Waals surface area contributed by atoms with Crippen molar-refractivity contribution in [2.45, 2.75) is 33.7 Å². The van der Waals surface area contributed by atoms with Crippen LogP contribution in [0, 0.1) is 12.3 Å². The number of amides is 1. The van der Waals surface area contributed by atoms with Crippen LogP contribution in [0.1, 0.15) is 26.3 Å². The van der Waals surface area contributed by atoms with Gasteiger partial charge in [0, 0.05) is 10.2 Å². The van der Waals surface area contributed by atoms with Crippen LogP contribution >= 0.6 is 15.9 Å². The first-order valence-electron chi connectivity index (χ1n) is 5.54. The molecule has 0 aliphatic carbocycles. The molecule has 0 spiro atoms. The molecule has 0 fully saturated rings. The molecule has 94 valence electrons. The summed E-state index contributed by atoms with van der Waals surface area (Å²) < 4.78 is 0.933. The number of aryl methyl sites for hydroxylation is 1. The molecule has 0 aliphatic heterocycles. The minimum absolute atomic E-state index is 0.154. The number of rotatable bonds is 2. The standard InChI is InChI=1S/C13H19BrN2O/c1-8-5-6-9(14)7-10(8)16-12(17)11(15)13(2,3)4/h5-7,11H,15H2,1-4H3,(H,16,17). The maximum absolute atomic E-state index is 12.0. The highest BCUT2D eigenvalue weighted by Crippen LogP contribution is 2.23. The molecule has 0 heterocycles. The molecule has 17 heavy (non-hydrogen) atoms. The van der Waals surface area contributed by atoms with Crippen molar-refractivity contribution in [2.75, 3.05) is 5.32 Å². The fourth-order valence-corrected chi connectivity index (χ4v) is 1.69. The van der Waals surface area contributed by atoms with Crippen molar-refractivity contribution < 1.29 is 4.79 Å². The summed E-state index contributed by atoms with van der Waals surface area (Å²) >= 11 is 3.38. The molecule has 3 N–H and O–H groups in total. The van der Waals surface area contributed by atoms with Gasteiger partial charge < -0.3 is 11.1 Å². The average molecular weight is 299 g/mol. The number of nitrogens with one attached hydrogen (secondary N) is 1. The minimum Gasteiger partial charge on any atom is -0.324 e. The lowest BCUT2D eigenvalue weighted by Crippen LogP contribution is -2.45. The number of anilines is 1. The Bertz CT molecular complexity index is 424. The fraction of sp³-hybridized carbons (Fsp3) is 0.462. The zero-order valence-electron chi connectivity index (χ0n) is 10.7. The first-order chi connectivity index (χ1) is 7.71. The number of carbonyl (C=O) groups excluding carboxylic acids is 1. The highest BCUT2D eigenvalue weighted by atomic mass is 79.9. The van der Waals surface area contributed by atoms with E-state index >= 15 is 0 Å². The van der Waals surface area contributed by atoms with Gasteiger partial charge in [-0.3, -0.25) is 4.79 Å². The van der Waals surface area contributed by atoms with E-state index in [0.717, 1.165) is 15.7 Å². The third-order valence-electron chi connectivity index (χ3n) is 2.67. The number of halogens is 1. The molecule has 0 aliphatic rings. The fourth-order valence-electron chi connectivity index (χ4n) is 1.33. The molecule has 0 aromatic heterocycles. The van der Waals surface area contributed by atoms with Gasteiger partial charge in [-0.15, -0.1) is 0 Å². The Kier molecular flexibility index (Phi) is 4.33. The van der Waals surface area contributed by atoms with Crippen molar-refractivity contribution in [1.29, 1.82) is 0 Å². The molecular weight excluding hydrogens is 280 g/mol. The molecule has 0 radical (unpaired) electrons. The predicted molar refractivity (Wildman–Crippen MR) is 74.9 cm³/mol. The third-order valence-corrected chi connectivity index (χ3v) is 3.17. The topological polar surface area (TPSA) is 55.1 Å². The van der Waals surface area contributed by atoms with Crippen molar-refractivity contribution in [3.8, 4) is 0 Å². The van der Waals surface area contributed by atoms with Gasteiger partial charge in [-0.2, -0.15) is 0 Å². The number of hydrogen-bond donors (Lipinski definition) is 2. The smallest absolute Gasteiger partial charge is 0.241 e. The molecular formula is C13H19BrN2O. The van der Waals surface area contributed by atoms with E-state index in [4.69, 9.17) is 5.73 Å². The van der Waals surface area contributed by atoms with Crippen LogP contribution in [0.5, 0.6) is 0 Å². The average Bonchev–Trinajstić information content (AvgIpc) is 2.21. The number of carbonyl (C=O) groups is 1. The summed E-state index contributed by atoms with van der Waals surface area (Å²) in [5.41, 5.74) is 7.47. The summed E-state index contributed by atoms with van der Waals surface area (Å²) in [6.07, 6.45) is 0. The summed E-state index contributed by atoms with van der Waals surface area (Å²) in [6.45, 7) is 7.80. The van der Waals surface area contributed by atoms with E-state index in [0.29, 0.717) is 0 Å². The van der Waals surface area contributed by atoms with Gasteiger partial charge in [-0.1, -0.05) is 42.8 Å². The zero-order valence-corrected chi connectivity index (χ0v) is 12.3. The molecule has 1 atom stereocenters. The SMILES string of the molecule is Cc1ccc(Br)cc1NC(=O)C(N)C(C)(C)C. The van der Waals surface area contributed by atoms with Gasteiger partial charge in [0.05, 0.1) is 6.04 Å². The second-order valence-electron chi connectivity index (χ2n) is 5.29. The van der Waals surface area contributed by atoms with E-state index in [1.54, 1.807) is 0 Å². The van der Waals surface area contributed by atoms with Crippen molar-refractivity contribution in [3.05, 3.63) is 28.2 Å². The second-order valence-corrected chi connectivity index (χ2v) is 6.21. The highest BCUT2D eigenvalue weighted by molar-refractivity contribution is 9.10. The molecule has 1 rings (SSSR count). The van der Waals surface area contributed by atoms with Crippen LogP contribution in [0.15, 0.2) is 22.7 Å². The van der Waals surface area contributed by atoms with Gasteiger partial charge >= 0.3 is 0 Å². The summed E-state index contributed by atoms with van der Waals surface area (Å²) in [5, 5.41) is 2.86. The Morgan fingerprint density at radius 3 is 2.53 bits per heavy atom. The molecule has 1 amide bonds. The molecule has 4 heteroatoms. The number of nitrogens with two attached hydrogens (primary N) is 1. The van der Waals surface area contributed by atoms with Crippen LogP contribution in [0.2, 0.25) is 0 Å². The van der Waals surface area contributed by atoms with Crippen LogP contribution in [0.25, 0.3) is 0 Å². The summed E-state index contributed by atoms with van der Waals surface area (Å²) in [7, 11) is 0. The van der Waals surface area contributed by atoms with Gasteiger partial charge in [-0.25, -0.2) is 0 Å². The van der Waals surface area contributed by atoms with Gasteiger partial charge in [0.15, 0.2) is 0 Å². The van der Waals surface area contributed by atoms with E-state index in [2.05, 4.69) is 21.2 Å². The van der Waals surface area contributed by atoms with E-state index < -0.39 is 6.04 Å². The van der Waals surface area contributed by atoms with Crippen molar-refractivity contribution in [1.82, 2.24) is 0 Å². The Hall–Kier alpha value is -0.870. The van der Waals surface area contributed by atoms with Crippen LogP contribution in [-0.2, 0) is 4.79 Å². The molecule has 0 saturated carbocycles. The van der Waals surface area contributed by atoms with Crippen LogP contribution < -0.4 is 11.1 Å². The third kappa shape index (κ3) is 3.82. The predicted octanol–water partition coefficient (Wildman–Crippen LogP) is 3.07. The van der Waals surface area contributed by atoms with E-state index in [9.17, 15) is 4.79 Å². The van der Waals surface area contributed by atoms with E-state index in [-0.39, 0.29) is 11.3 Å². The molecule has 1 aromatic carbocycles. The van der Waals surface area contributed by atoms with Crippen molar-refractivity contribution >= 4 is 27.5 Å². The highest BCUT2D eigenvalue weighted by Gasteiger charge is 2.27. The lowest BCUT2D eigenvalue weighted by atomic mass is 9.87. The Labute approximate surface area is 111 Å². The molecule has 1 aromatic rings. The first kappa shape index (κ1) is 14.2. The van der Waals surface area contributed by atoms with Crippen LogP contribution in [0.4, 0.5) is 5.69 Å². The summed E-state index contributed by atoms with van der Waals surface area (Å²) in [5.74, 6) is -0.154. The van der Waals surface area contributed by atoms with Crippen molar-refractivity contribution in [2.24, 2.45) is 11.1 Å². The molecule has 0 saturated heterocycles. The first-order valence-corrected chi connectivity index (χ1v) is 6.33. The second kappa shape index (κ2) is 5.19. The lowest BCUT2D eigenvalue weighted by molar-refractivity contribution is -0.119. The van der Waals surface area contributed by atoms with Gasteiger partial charge in [0.25, 0.3) is 0 Å². The van der Waals surface area contributed by atoms with E-state index in [1.165, 1.54) is 0 Å². The maximum atomic E-state index is 12.0. The monoisotopic (exact) mass is 298 g/mol. The summed E-state index contributed by atoms with van der Waals surface area (Å²) in [6, 6.07) is 5.24. The Morgan fingerprint density at radius 1 is 1.41 bits per heavy atom. The maximum Gasteiger partial charge on any atom is 0.241 e. The number of benzene rings is 1. The largest absolute Gasteiger partial charge is 0.324 e. The Balaban J connectivity index is 2.85. The van der Waals surface area contributed by atoms with Crippen molar-refractivity contribution in [3.63, 3.8) is 0 Å². The molecule has 1 unspecified atom stereocenters. The normalized spacial score (nSPS) is 13.3. The van der Waals surface area contributed by atoms with Gasteiger partial charge in [-0.05, 0) is 30.0 Å². The minimum atomic E-state index is -0.527. The lowest BCUT2D eigenvalue weighted by Gasteiger charge is -2.26. The Morgan fingerprint density at radius 2 is 2.00 bits per heavy atom. The quantitative estimate of drug-likeness (QED) is 0.881.